The molecule has 1 aliphatic rings. The highest BCUT2D eigenvalue weighted by Gasteiger charge is 2.33. The number of aliphatic imine (C=N–C) groups is 1. The lowest BCUT2D eigenvalue weighted by Gasteiger charge is -2.15. The van der Waals surface area contributed by atoms with Gasteiger partial charge in [0.2, 0.25) is 0 Å². The number of para-hydroxylation sites is 1. The van der Waals surface area contributed by atoms with Gasteiger partial charge in [0.15, 0.2) is 16.7 Å². The molecule has 8 nitrogen and oxygen atoms in total. The van der Waals surface area contributed by atoms with Crippen molar-refractivity contribution in [1.82, 2.24) is 4.90 Å². The molecule has 1 fully saturated rings. The van der Waals surface area contributed by atoms with Crippen LogP contribution in [0.1, 0.15) is 35.3 Å². The van der Waals surface area contributed by atoms with Crippen molar-refractivity contribution in [3.8, 4) is 11.5 Å². The van der Waals surface area contributed by atoms with Crippen molar-refractivity contribution in [2.45, 2.75) is 20.5 Å². The lowest BCUT2D eigenvalue weighted by Crippen LogP contribution is -2.32. The summed E-state index contributed by atoms with van der Waals surface area (Å²) in [4.78, 5) is 31.3. The Labute approximate surface area is 242 Å². The predicted octanol–water partition coefficient (Wildman–Crippen LogP) is 6.66. The summed E-state index contributed by atoms with van der Waals surface area (Å²) >= 11 is 7.91. The van der Waals surface area contributed by atoms with Gasteiger partial charge in [-0.3, -0.25) is 9.69 Å². The number of hydrogen-bond acceptors (Lipinski definition) is 7. The summed E-state index contributed by atoms with van der Waals surface area (Å²) in [5.41, 5.74) is 2.40. The number of hydrogen-bond donors (Lipinski definition) is 1. The molecule has 1 aliphatic heterocycles. The van der Waals surface area contributed by atoms with E-state index in [9.17, 15) is 9.59 Å². The molecule has 10 heteroatoms. The molecule has 0 atom stereocenters. The maximum Gasteiger partial charge on any atom is 0.335 e. The van der Waals surface area contributed by atoms with Gasteiger partial charge in [0.05, 0.1) is 40.9 Å². The molecule has 0 unspecified atom stereocenters. The smallest absolute Gasteiger partial charge is 0.335 e. The third kappa shape index (κ3) is 7.44. The molecule has 1 saturated heterocycles. The highest BCUT2D eigenvalue weighted by Crippen LogP contribution is 2.40. The van der Waals surface area contributed by atoms with Crippen LogP contribution in [0.3, 0.4) is 0 Å². The number of nitrogens with zero attached hydrogens (tertiary/aromatic N) is 2. The fraction of sp³-hybridized carbons (Fsp3) is 0.233. The van der Waals surface area contributed by atoms with Crippen molar-refractivity contribution in [2.75, 3.05) is 26.4 Å². The topological polar surface area (TPSA) is 97.7 Å². The summed E-state index contributed by atoms with van der Waals surface area (Å²) in [6.07, 6.45) is 1.76. The van der Waals surface area contributed by atoms with Crippen molar-refractivity contribution >= 4 is 52.2 Å². The molecule has 4 rings (SSSR count). The van der Waals surface area contributed by atoms with Crippen LogP contribution < -0.4 is 9.47 Å². The molecule has 0 aliphatic carbocycles. The van der Waals surface area contributed by atoms with E-state index < -0.39 is 5.97 Å². The molecular weight excluding hydrogens is 552 g/mol. The molecule has 0 aromatic heterocycles. The van der Waals surface area contributed by atoms with Crippen molar-refractivity contribution in [1.29, 1.82) is 0 Å². The fourth-order valence-electron chi connectivity index (χ4n) is 3.83. The first-order valence-corrected chi connectivity index (χ1v) is 13.9. The van der Waals surface area contributed by atoms with E-state index in [0.29, 0.717) is 58.5 Å². The number of thioether (sulfide) groups is 1. The normalized spacial score (nSPS) is 15.2. The third-order valence-corrected chi connectivity index (χ3v) is 7.03. The molecule has 3 aromatic carbocycles. The average molecular weight is 581 g/mol. The molecule has 208 valence electrons. The second kappa shape index (κ2) is 14.0. The summed E-state index contributed by atoms with van der Waals surface area (Å²) in [6, 6.07) is 19.4. The van der Waals surface area contributed by atoms with Gasteiger partial charge < -0.3 is 19.3 Å². The summed E-state index contributed by atoms with van der Waals surface area (Å²) in [5, 5.41) is 9.99. The molecule has 0 saturated carbocycles. The number of rotatable bonds is 12. The monoisotopic (exact) mass is 580 g/mol. The standard InChI is InChI=1S/C30H29ClN2O6S/c1-3-37-15-14-33-28(34)26(40-30(33)32-23-8-6-5-7-9-23)18-21-16-24(31)27(25(17-21)38-4-2)39-19-20-10-12-22(13-11-20)29(35)36/h5-13,16-18H,3-4,14-15,19H2,1-2H3,(H,35,36)/b26-18-,32-30?. The van der Waals surface area contributed by atoms with Crippen LogP contribution in [0, 0.1) is 0 Å². The number of aromatic carboxylic acids is 1. The predicted molar refractivity (Wildman–Crippen MR) is 158 cm³/mol. The number of amidine groups is 1. The number of carbonyl (C=O) groups is 2. The zero-order valence-electron chi connectivity index (χ0n) is 22.1. The molecule has 0 bridgehead atoms. The lowest BCUT2D eigenvalue weighted by molar-refractivity contribution is -0.122. The largest absolute Gasteiger partial charge is 0.490 e. The van der Waals surface area contributed by atoms with Crippen molar-refractivity contribution in [3.63, 3.8) is 0 Å². The van der Waals surface area contributed by atoms with Crippen LogP contribution in [0.2, 0.25) is 5.02 Å². The van der Waals surface area contributed by atoms with Crippen LogP contribution in [-0.4, -0.2) is 53.4 Å². The van der Waals surface area contributed by atoms with Gasteiger partial charge in [-0.15, -0.1) is 0 Å². The van der Waals surface area contributed by atoms with E-state index in [-0.39, 0.29) is 18.1 Å². The van der Waals surface area contributed by atoms with Crippen LogP contribution >= 0.6 is 23.4 Å². The number of carboxylic acids is 1. The molecule has 40 heavy (non-hydrogen) atoms. The minimum atomic E-state index is -0.992. The number of benzene rings is 3. The van der Waals surface area contributed by atoms with Crippen LogP contribution in [-0.2, 0) is 16.1 Å². The van der Waals surface area contributed by atoms with Gasteiger partial charge in [0.25, 0.3) is 5.91 Å². The highest BCUT2D eigenvalue weighted by molar-refractivity contribution is 8.18. The number of amides is 1. The first-order valence-electron chi connectivity index (χ1n) is 12.7. The zero-order chi connectivity index (χ0) is 28.5. The summed E-state index contributed by atoms with van der Waals surface area (Å²) in [5.74, 6) is -0.360. The molecular formula is C30H29ClN2O6S. The SMILES string of the molecule is CCOCCN1C(=O)/C(=C/c2cc(Cl)c(OCc3ccc(C(=O)O)cc3)c(OCC)c2)SC1=Nc1ccccc1. The quantitative estimate of drug-likeness (QED) is 0.189. The Kier molecular flexibility index (Phi) is 10.2. The number of halogens is 1. The van der Waals surface area contributed by atoms with Gasteiger partial charge in [-0.2, -0.15) is 0 Å². The van der Waals surface area contributed by atoms with E-state index in [1.54, 1.807) is 35.2 Å². The minimum absolute atomic E-state index is 0.168. The van der Waals surface area contributed by atoms with Gasteiger partial charge in [0.1, 0.15) is 6.61 Å². The second-order valence-electron chi connectivity index (χ2n) is 8.55. The van der Waals surface area contributed by atoms with Crippen LogP contribution in [0.25, 0.3) is 6.08 Å². The Morgan fingerprint density at radius 2 is 1.80 bits per heavy atom. The van der Waals surface area contributed by atoms with Crippen molar-refractivity contribution < 1.29 is 28.9 Å². The van der Waals surface area contributed by atoms with Crippen molar-refractivity contribution in [2.24, 2.45) is 4.99 Å². The van der Waals surface area contributed by atoms with E-state index in [2.05, 4.69) is 0 Å². The Morgan fingerprint density at radius 3 is 2.48 bits per heavy atom. The van der Waals surface area contributed by atoms with E-state index in [0.717, 1.165) is 11.3 Å². The highest BCUT2D eigenvalue weighted by atomic mass is 35.5. The number of carbonyl (C=O) groups excluding carboxylic acids is 1. The van der Waals surface area contributed by atoms with Crippen molar-refractivity contribution in [3.05, 3.63) is 93.3 Å². The first-order chi connectivity index (χ1) is 19.4. The summed E-state index contributed by atoms with van der Waals surface area (Å²) < 4.78 is 17.3. The Bertz CT molecular complexity index is 1410. The van der Waals surface area contributed by atoms with E-state index in [1.165, 1.54) is 23.9 Å². The average Bonchev–Trinajstić information content (AvgIpc) is 3.22. The maximum atomic E-state index is 13.4. The zero-order valence-corrected chi connectivity index (χ0v) is 23.7. The van der Waals surface area contributed by atoms with Gasteiger partial charge in [-0.1, -0.05) is 41.9 Å². The molecule has 0 radical (unpaired) electrons. The van der Waals surface area contributed by atoms with Gasteiger partial charge in [-0.05, 0) is 79.2 Å². The van der Waals surface area contributed by atoms with Crippen LogP contribution in [0.4, 0.5) is 5.69 Å². The van der Waals surface area contributed by atoms with Crippen LogP contribution in [0.15, 0.2) is 76.6 Å². The summed E-state index contributed by atoms with van der Waals surface area (Å²) in [6.45, 7) is 5.65. The molecule has 1 N–H and O–H groups in total. The molecule has 1 amide bonds. The first kappa shape index (κ1) is 29.2. The van der Waals surface area contributed by atoms with E-state index in [1.807, 2.05) is 44.2 Å². The van der Waals surface area contributed by atoms with Gasteiger partial charge in [-0.25, -0.2) is 9.79 Å². The molecule has 0 spiro atoms. The number of carboxylic acid groups (broad SMARTS) is 1. The Morgan fingerprint density at radius 1 is 1.05 bits per heavy atom. The maximum absolute atomic E-state index is 13.4. The number of ether oxygens (including phenoxy) is 3. The summed E-state index contributed by atoms with van der Waals surface area (Å²) in [7, 11) is 0. The van der Waals surface area contributed by atoms with Crippen LogP contribution in [0.5, 0.6) is 11.5 Å². The second-order valence-corrected chi connectivity index (χ2v) is 9.96. The Hall–Kier alpha value is -3.79. The molecule has 1 heterocycles. The van der Waals surface area contributed by atoms with Gasteiger partial charge in [0, 0.05) is 6.61 Å². The fourth-order valence-corrected chi connectivity index (χ4v) is 5.12. The third-order valence-electron chi connectivity index (χ3n) is 5.75. The lowest BCUT2D eigenvalue weighted by atomic mass is 10.1. The van der Waals surface area contributed by atoms with E-state index >= 15 is 0 Å². The minimum Gasteiger partial charge on any atom is -0.490 e. The Balaban J connectivity index is 1.59. The van der Waals surface area contributed by atoms with Gasteiger partial charge >= 0.3 is 5.97 Å². The molecule has 3 aromatic rings. The van der Waals surface area contributed by atoms with E-state index in [4.69, 9.17) is 35.9 Å².